The molecule has 2 aliphatic heterocycles. The van der Waals surface area contributed by atoms with Gasteiger partial charge in [-0.3, -0.25) is 19.9 Å². The number of nitrogens with one attached hydrogen (secondary N) is 3. The number of carbonyl (C=O) groups is 2. The first-order chi connectivity index (χ1) is 11.1. The van der Waals surface area contributed by atoms with Gasteiger partial charge < -0.3 is 15.5 Å². The first-order valence-corrected chi connectivity index (χ1v) is 7.16. The van der Waals surface area contributed by atoms with Gasteiger partial charge in [0, 0.05) is 28.0 Å². The number of hydrogen-bond acceptors (Lipinski definition) is 5. The number of benzene rings is 1. The van der Waals surface area contributed by atoms with Crippen molar-refractivity contribution < 1.29 is 19.8 Å². The van der Waals surface area contributed by atoms with Gasteiger partial charge in [0.05, 0.1) is 12.0 Å². The number of aromatic amines is 1. The molecule has 1 saturated heterocycles. The minimum Gasteiger partial charge on any atom is -0.494 e. The Morgan fingerprint density at radius 1 is 0.957 bits per heavy atom. The van der Waals surface area contributed by atoms with Crippen LogP contribution >= 0.6 is 0 Å². The number of carbonyl (C=O) groups excluding carboxylic acids is 2. The van der Waals surface area contributed by atoms with E-state index < -0.39 is 23.8 Å². The third-order valence-electron chi connectivity index (χ3n) is 4.74. The van der Waals surface area contributed by atoms with Gasteiger partial charge in [0.2, 0.25) is 5.91 Å². The summed E-state index contributed by atoms with van der Waals surface area (Å²) in [5.74, 6) is -2.35. The Morgan fingerprint density at radius 2 is 1.70 bits per heavy atom. The van der Waals surface area contributed by atoms with Crippen LogP contribution in [0.25, 0.3) is 5.57 Å². The molecule has 3 aliphatic rings. The first-order valence-electron chi connectivity index (χ1n) is 7.16. The summed E-state index contributed by atoms with van der Waals surface area (Å²) in [5.41, 5.74) is 3.32. The number of imide groups is 1. The molecule has 23 heavy (non-hydrogen) atoms. The lowest BCUT2D eigenvalue weighted by Crippen LogP contribution is -2.22. The average Bonchev–Trinajstić information content (AvgIpc) is 3.12. The summed E-state index contributed by atoms with van der Waals surface area (Å²) in [7, 11) is 0. The van der Waals surface area contributed by atoms with E-state index >= 15 is 0 Å². The van der Waals surface area contributed by atoms with Crippen LogP contribution in [-0.4, -0.2) is 27.0 Å². The lowest BCUT2D eigenvalue weighted by molar-refractivity contribution is -0.124. The van der Waals surface area contributed by atoms with Crippen molar-refractivity contribution in [3.8, 4) is 11.8 Å². The zero-order valence-corrected chi connectivity index (χ0v) is 11.7. The number of anilines is 1. The van der Waals surface area contributed by atoms with E-state index in [2.05, 4.69) is 15.6 Å². The topological polar surface area (TPSA) is 114 Å². The molecule has 7 heteroatoms. The molecule has 0 saturated carbocycles. The Balaban J connectivity index is 1.90. The minimum absolute atomic E-state index is 0.202. The van der Waals surface area contributed by atoms with Crippen molar-refractivity contribution in [1.29, 1.82) is 0 Å². The lowest BCUT2D eigenvalue weighted by Gasteiger charge is -2.24. The summed E-state index contributed by atoms with van der Waals surface area (Å²) in [6.07, 6.45) is 0. The van der Waals surface area contributed by atoms with Gasteiger partial charge in [-0.2, -0.15) is 0 Å². The summed E-state index contributed by atoms with van der Waals surface area (Å²) in [6.45, 7) is 0. The fourth-order valence-electron chi connectivity index (χ4n) is 3.90. The Morgan fingerprint density at radius 3 is 2.52 bits per heavy atom. The molecular weight excluding hydrogens is 298 g/mol. The van der Waals surface area contributed by atoms with Crippen LogP contribution < -0.4 is 10.6 Å². The van der Waals surface area contributed by atoms with Crippen LogP contribution in [-0.2, 0) is 9.59 Å². The maximum Gasteiger partial charge on any atom is 0.255 e. The molecule has 5 rings (SSSR count). The molecule has 114 valence electrons. The largest absolute Gasteiger partial charge is 0.494 e. The second kappa shape index (κ2) is 3.75. The summed E-state index contributed by atoms with van der Waals surface area (Å²) in [5, 5.41) is 25.9. The number of rotatable bonds is 0. The molecule has 1 fully saturated rings. The predicted octanol–water partition coefficient (Wildman–Crippen LogP) is 1.10. The van der Waals surface area contributed by atoms with Crippen molar-refractivity contribution >= 4 is 23.1 Å². The zero-order chi connectivity index (χ0) is 15.9. The fraction of sp³-hybridized carbons (Fsp3) is 0.125. The van der Waals surface area contributed by atoms with Crippen LogP contribution in [0.3, 0.4) is 0 Å². The summed E-state index contributed by atoms with van der Waals surface area (Å²) in [4.78, 5) is 27.0. The van der Waals surface area contributed by atoms with E-state index in [0.717, 1.165) is 11.3 Å². The van der Waals surface area contributed by atoms with Crippen molar-refractivity contribution in [3.63, 3.8) is 0 Å². The summed E-state index contributed by atoms with van der Waals surface area (Å²) >= 11 is 0. The third-order valence-corrected chi connectivity index (χ3v) is 4.74. The molecule has 5 N–H and O–H groups in total. The maximum absolute atomic E-state index is 12.3. The molecular formula is C16H11N3O4. The van der Waals surface area contributed by atoms with Gasteiger partial charge in [0.15, 0.2) is 11.8 Å². The van der Waals surface area contributed by atoms with Crippen LogP contribution in [0.15, 0.2) is 29.8 Å². The minimum atomic E-state index is -0.908. The van der Waals surface area contributed by atoms with E-state index in [9.17, 15) is 19.8 Å². The number of aromatic nitrogens is 1. The number of fused-ring (bicyclic) bond motifs is 7. The van der Waals surface area contributed by atoms with Gasteiger partial charge in [-0.05, 0) is 11.6 Å². The van der Waals surface area contributed by atoms with Crippen molar-refractivity contribution in [2.24, 2.45) is 0 Å². The molecule has 1 aromatic carbocycles. The quantitative estimate of drug-likeness (QED) is 0.468. The highest BCUT2D eigenvalue weighted by molar-refractivity contribution is 6.23. The van der Waals surface area contributed by atoms with Crippen LogP contribution in [0.4, 0.5) is 5.69 Å². The Labute approximate surface area is 129 Å². The van der Waals surface area contributed by atoms with Crippen LogP contribution in [0, 0.1) is 0 Å². The van der Waals surface area contributed by atoms with Gasteiger partial charge in [-0.25, -0.2) is 0 Å². The van der Waals surface area contributed by atoms with Crippen molar-refractivity contribution in [2.75, 3.05) is 5.32 Å². The predicted molar refractivity (Wildman–Crippen MR) is 79.7 cm³/mol. The standard InChI is InChI=1S/C16H11N3O4/c20-13-8-7-5-3-1-2-4-6(5)17-12(7)11-10(9(8)14(21)18-13)15(22)19-16(11)23/h1-4,9,12,17,19,22-23H,(H,18,20,21). The molecule has 2 amide bonds. The average molecular weight is 309 g/mol. The van der Waals surface area contributed by atoms with E-state index in [-0.39, 0.29) is 17.3 Å². The Hall–Kier alpha value is -3.22. The highest BCUT2D eigenvalue weighted by Gasteiger charge is 2.51. The normalized spacial score (nSPS) is 23.8. The Bertz CT molecular complexity index is 956. The van der Waals surface area contributed by atoms with E-state index in [0.29, 0.717) is 16.7 Å². The Kier molecular flexibility index (Phi) is 2.01. The van der Waals surface area contributed by atoms with Crippen molar-refractivity contribution in [1.82, 2.24) is 10.3 Å². The van der Waals surface area contributed by atoms with Gasteiger partial charge in [-0.15, -0.1) is 0 Å². The number of aromatic hydroxyl groups is 2. The highest BCUT2D eigenvalue weighted by atomic mass is 16.3. The molecule has 1 aromatic heterocycles. The zero-order valence-electron chi connectivity index (χ0n) is 11.7. The SMILES string of the molecule is O=C1NC(=O)C2C1=C1c3ccccc3NC1c1c(O)[nH]c(O)c12. The van der Waals surface area contributed by atoms with Gasteiger partial charge in [-0.1, -0.05) is 18.2 Å². The van der Waals surface area contributed by atoms with Crippen LogP contribution in [0.2, 0.25) is 0 Å². The maximum atomic E-state index is 12.3. The number of amides is 2. The molecule has 2 aromatic rings. The molecule has 0 radical (unpaired) electrons. The number of para-hydroxylation sites is 1. The third kappa shape index (κ3) is 1.30. The lowest BCUT2D eigenvalue weighted by atomic mass is 9.77. The summed E-state index contributed by atoms with van der Waals surface area (Å²) < 4.78 is 0. The molecule has 3 heterocycles. The van der Waals surface area contributed by atoms with Gasteiger partial charge in [0.1, 0.15) is 0 Å². The first kappa shape index (κ1) is 12.3. The summed E-state index contributed by atoms with van der Waals surface area (Å²) in [6, 6.07) is 6.97. The molecule has 7 nitrogen and oxygen atoms in total. The second-order valence-electron chi connectivity index (χ2n) is 5.85. The van der Waals surface area contributed by atoms with Gasteiger partial charge >= 0.3 is 0 Å². The highest BCUT2D eigenvalue weighted by Crippen LogP contribution is 2.57. The van der Waals surface area contributed by atoms with E-state index in [1.54, 1.807) is 0 Å². The van der Waals surface area contributed by atoms with Gasteiger partial charge in [0.25, 0.3) is 5.91 Å². The van der Waals surface area contributed by atoms with Crippen molar-refractivity contribution in [3.05, 3.63) is 46.5 Å². The monoisotopic (exact) mass is 309 g/mol. The molecule has 1 aliphatic carbocycles. The number of hydrogen-bond donors (Lipinski definition) is 5. The molecule has 0 spiro atoms. The number of H-pyrrole nitrogens is 1. The molecule has 2 atom stereocenters. The fourth-order valence-corrected chi connectivity index (χ4v) is 3.90. The smallest absolute Gasteiger partial charge is 0.255 e. The second-order valence-corrected chi connectivity index (χ2v) is 5.85. The van der Waals surface area contributed by atoms with E-state index in [4.69, 9.17) is 0 Å². The van der Waals surface area contributed by atoms with E-state index in [1.165, 1.54) is 0 Å². The van der Waals surface area contributed by atoms with Crippen LogP contribution in [0.1, 0.15) is 28.7 Å². The van der Waals surface area contributed by atoms with E-state index in [1.807, 2.05) is 24.3 Å². The molecule has 2 unspecified atom stereocenters. The van der Waals surface area contributed by atoms with Crippen molar-refractivity contribution in [2.45, 2.75) is 12.0 Å². The van der Waals surface area contributed by atoms with Crippen LogP contribution in [0.5, 0.6) is 11.8 Å². The molecule has 0 bridgehead atoms.